The number of benzene rings is 1. The van der Waals surface area contributed by atoms with Gasteiger partial charge < -0.3 is 4.90 Å². The van der Waals surface area contributed by atoms with Gasteiger partial charge in [-0.05, 0) is 56.0 Å². The number of nitrogens with zero attached hydrogens (tertiary/aromatic N) is 2. The average molecular weight is 405 g/mol. The van der Waals surface area contributed by atoms with Gasteiger partial charge in [-0.25, -0.2) is 4.90 Å². The van der Waals surface area contributed by atoms with Crippen molar-refractivity contribution in [3.63, 3.8) is 0 Å². The van der Waals surface area contributed by atoms with E-state index in [9.17, 15) is 14.4 Å². The summed E-state index contributed by atoms with van der Waals surface area (Å²) >= 11 is 7.24. The van der Waals surface area contributed by atoms with Crippen LogP contribution < -0.4 is 4.90 Å². The molecule has 1 aromatic carbocycles. The number of rotatable bonds is 5. The second-order valence-electron chi connectivity index (χ2n) is 7.08. The van der Waals surface area contributed by atoms with E-state index in [1.54, 1.807) is 41.3 Å². The first kappa shape index (κ1) is 19.6. The molecule has 1 fully saturated rings. The highest BCUT2D eigenvalue weighted by Gasteiger charge is 2.48. The quantitative estimate of drug-likeness (QED) is 0.695. The summed E-state index contributed by atoms with van der Waals surface area (Å²) in [4.78, 5) is 42.3. The third-order valence-corrected chi connectivity index (χ3v) is 6.10. The molecule has 1 unspecified atom stereocenters. The van der Waals surface area contributed by atoms with E-state index in [2.05, 4.69) is 0 Å². The van der Waals surface area contributed by atoms with E-state index in [0.717, 1.165) is 4.90 Å². The lowest BCUT2D eigenvalue weighted by Crippen LogP contribution is -2.55. The zero-order valence-corrected chi connectivity index (χ0v) is 17.0. The van der Waals surface area contributed by atoms with Crippen LogP contribution in [0.4, 0.5) is 5.69 Å². The highest BCUT2D eigenvalue weighted by molar-refractivity contribution is 7.12. The van der Waals surface area contributed by atoms with Gasteiger partial charge in [0.05, 0.1) is 17.0 Å². The molecule has 0 aliphatic carbocycles. The molecule has 3 amide bonds. The summed E-state index contributed by atoms with van der Waals surface area (Å²) < 4.78 is 0. The van der Waals surface area contributed by atoms with E-state index in [-0.39, 0.29) is 24.1 Å². The summed E-state index contributed by atoms with van der Waals surface area (Å²) in [5.74, 6) is -0.919. The van der Waals surface area contributed by atoms with Crippen molar-refractivity contribution < 1.29 is 14.4 Å². The number of hydrogen-bond acceptors (Lipinski definition) is 4. The van der Waals surface area contributed by atoms with Crippen LogP contribution in [0.1, 0.15) is 43.3 Å². The SMILES string of the molecule is CCC(C)(C)N(C(=O)c1cccs1)C1CC(=O)N(c2ccc(Cl)cc2)C1=O. The standard InChI is InChI=1S/C20H21ClN2O3S/c1-4-20(2,3)23(19(26)16-6-5-11-27-16)15-12-17(24)22(18(15)25)14-9-7-13(21)8-10-14/h5-11,15H,4,12H2,1-3H3. The maximum absolute atomic E-state index is 13.2. The minimum absolute atomic E-state index is 0.0258. The predicted octanol–water partition coefficient (Wildman–Crippen LogP) is 4.36. The lowest BCUT2D eigenvalue weighted by atomic mass is 9.95. The molecule has 1 atom stereocenters. The van der Waals surface area contributed by atoms with Crippen molar-refractivity contribution in [2.75, 3.05) is 4.90 Å². The largest absolute Gasteiger partial charge is 0.320 e. The van der Waals surface area contributed by atoms with E-state index < -0.39 is 11.6 Å². The minimum atomic E-state index is -0.822. The van der Waals surface area contributed by atoms with Crippen LogP contribution >= 0.6 is 22.9 Å². The van der Waals surface area contributed by atoms with Gasteiger partial charge in [-0.1, -0.05) is 24.6 Å². The maximum atomic E-state index is 13.2. The first-order chi connectivity index (χ1) is 12.8. The number of halogens is 1. The predicted molar refractivity (Wildman–Crippen MR) is 107 cm³/mol. The van der Waals surface area contributed by atoms with Crippen molar-refractivity contribution in [1.29, 1.82) is 0 Å². The summed E-state index contributed by atoms with van der Waals surface area (Å²) in [5.41, 5.74) is -0.104. The number of amides is 3. The normalized spacial score (nSPS) is 17.5. The molecule has 2 heterocycles. The van der Waals surface area contributed by atoms with Crippen LogP contribution in [0.2, 0.25) is 5.02 Å². The lowest BCUT2D eigenvalue weighted by Gasteiger charge is -2.41. The summed E-state index contributed by atoms with van der Waals surface area (Å²) in [5, 5.41) is 2.35. The van der Waals surface area contributed by atoms with Crippen molar-refractivity contribution in [2.24, 2.45) is 0 Å². The summed E-state index contributed by atoms with van der Waals surface area (Å²) in [6.45, 7) is 5.80. The van der Waals surface area contributed by atoms with Gasteiger partial charge >= 0.3 is 0 Å². The summed E-state index contributed by atoms with van der Waals surface area (Å²) in [6.07, 6.45) is 0.630. The van der Waals surface area contributed by atoms with Crippen molar-refractivity contribution >= 4 is 46.3 Å². The topological polar surface area (TPSA) is 57.7 Å². The number of carbonyl (C=O) groups is 3. The van der Waals surface area contributed by atoms with Gasteiger partial charge in [0.25, 0.3) is 11.8 Å². The van der Waals surface area contributed by atoms with Crippen LogP contribution in [0.25, 0.3) is 0 Å². The number of carbonyl (C=O) groups excluding carboxylic acids is 3. The lowest BCUT2D eigenvalue weighted by molar-refractivity contribution is -0.123. The van der Waals surface area contributed by atoms with E-state index in [1.165, 1.54) is 11.3 Å². The first-order valence-corrected chi connectivity index (χ1v) is 10.0. The van der Waals surface area contributed by atoms with Gasteiger partial charge in [0.15, 0.2) is 0 Å². The van der Waals surface area contributed by atoms with E-state index >= 15 is 0 Å². The minimum Gasteiger partial charge on any atom is -0.320 e. The summed E-state index contributed by atoms with van der Waals surface area (Å²) in [6, 6.07) is 9.26. The molecule has 3 rings (SSSR count). The fraction of sp³-hybridized carbons (Fsp3) is 0.350. The van der Waals surface area contributed by atoms with Gasteiger partial charge in [-0.3, -0.25) is 14.4 Å². The summed E-state index contributed by atoms with van der Waals surface area (Å²) in [7, 11) is 0. The fourth-order valence-electron chi connectivity index (χ4n) is 3.21. The molecule has 0 N–H and O–H groups in total. The molecule has 27 heavy (non-hydrogen) atoms. The molecular weight excluding hydrogens is 384 g/mol. The Bertz CT molecular complexity index is 862. The Morgan fingerprint density at radius 3 is 2.48 bits per heavy atom. The number of thiophene rings is 1. The van der Waals surface area contributed by atoms with Crippen molar-refractivity contribution in [2.45, 2.75) is 45.2 Å². The van der Waals surface area contributed by atoms with Gasteiger partial charge in [0.1, 0.15) is 6.04 Å². The molecule has 1 aliphatic heterocycles. The van der Waals surface area contributed by atoms with Crippen LogP contribution in [0.15, 0.2) is 41.8 Å². The zero-order chi connectivity index (χ0) is 19.8. The highest BCUT2D eigenvalue weighted by atomic mass is 35.5. The van der Waals surface area contributed by atoms with Crippen molar-refractivity contribution in [3.05, 3.63) is 51.7 Å². The molecule has 0 radical (unpaired) electrons. The maximum Gasteiger partial charge on any atom is 0.265 e. The van der Waals surface area contributed by atoms with E-state index in [4.69, 9.17) is 11.6 Å². The van der Waals surface area contributed by atoms with E-state index in [0.29, 0.717) is 22.0 Å². The van der Waals surface area contributed by atoms with Crippen LogP contribution in [0.3, 0.4) is 0 Å². The Labute approximate surface area is 167 Å². The third-order valence-electron chi connectivity index (χ3n) is 4.99. The third kappa shape index (κ3) is 3.64. The Morgan fingerprint density at radius 1 is 1.26 bits per heavy atom. The molecule has 2 aromatic rings. The van der Waals surface area contributed by atoms with Crippen LogP contribution in [-0.2, 0) is 9.59 Å². The zero-order valence-electron chi connectivity index (χ0n) is 15.4. The Kier molecular flexibility index (Phi) is 5.40. The first-order valence-electron chi connectivity index (χ1n) is 8.76. The van der Waals surface area contributed by atoms with Crippen LogP contribution in [0, 0.1) is 0 Å². The van der Waals surface area contributed by atoms with E-state index in [1.807, 2.05) is 26.2 Å². The van der Waals surface area contributed by atoms with Gasteiger partial charge in [0.2, 0.25) is 5.91 Å². The van der Waals surface area contributed by atoms with Crippen LogP contribution in [-0.4, -0.2) is 34.2 Å². The van der Waals surface area contributed by atoms with Crippen molar-refractivity contribution in [3.8, 4) is 0 Å². The Balaban J connectivity index is 1.98. The second-order valence-corrected chi connectivity index (χ2v) is 8.47. The Morgan fingerprint density at radius 2 is 1.93 bits per heavy atom. The van der Waals surface area contributed by atoms with Gasteiger partial charge in [0, 0.05) is 10.6 Å². The molecule has 5 nitrogen and oxygen atoms in total. The molecule has 1 aliphatic rings. The Hall–Kier alpha value is -2.18. The second kappa shape index (κ2) is 7.44. The monoisotopic (exact) mass is 404 g/mol. The smallest absolute Gasteiger partial charge is 0.265 e. The molecule has 0 spiro atoms. The molecule has 0 bridgehead atoms. The fourth-order valence-corrected chi connectivity index (χ4v) is 3.99. The molecular formula is C20H21ClN2O3S. The van der Waals surface area contributed by atoms with Crippen molar-refractivity contribution in [1.82, 2.24) is 4.90 Å². The molecule has 7 heteroatoms. The van der Waals surface area contributed by atoms with Crippen LogP contribution in [0.5, 0.6) is 0 Å². The number of hydrogen-bond donors (Lipinski definition) is 0. The number of imide groups is 1. The molecule has 1 aromatic heterocycles. The van der Waals surface area contributed by atoms with Gasteiger partial charge in [-0.15, -0.1) is 11.3 Å². The molecule has 0 saturated carbocycles. The molecule has 1 saturated heterocycles. The average Bonchev–Trinajstić information content (AvgIpc) is 3.25. The molecule has 142 valence electrons. The highest BCUT2D eigenvalue weighted by Crippen LogP contribution is 2.33. The number of anilines is 1. The van der Waals surface area contributed by atoms with Gasteiger partial charge in [-0.2, -0.15) is 0 Å².